The fourth-order valence-corrected chi connectivity index (χ4v) is 1.98. The molecule has 3 nitrogen and oxygen atoms in total. The summed E-state index contributed by atoms with van der Waals surface area (Å²) < 4.78 is 6.58. The minimum absolute atomic E-state index is 0.165. The topological polar surface area (TPSA) is 38.3 Å². The molecule has 0 aromatic heterocycles. The summed E-state index contributed by atoms with van der Waals surface area (Å²) in [4.78, 5) is 12.1. The molecule has 0 fully saturated rings. The lowest BCUT2D eigenvalue weighted by Gasteiger charge is -2.15. The lowest BCUT2D eigenvalue weighted by Crippen LogP contribution is -2.30. The van der Waals surface area contributed by atoms with Crippen LogP contribution in [0, 0.1) is 6.92 Å². The Morgan fingerprint density at radius 2 is 1.80 bits per heavy atom. The average Bonchev–Trinajstić information content (AvgIpc) is 2.44. The first-order valence-corrected chi connectivity index (χ1v) is 7.14. The van der Waals surface area contributed by atoms with Gasteiger partial charge in [-0.15, -0.1) is 0 Å². The Bertz CT molecular complexity index is 596. The second-order valence-electron chi connectivity index (χ2n) is 4.52. The van der Waals surface area contributed by atoms with Crippen molar-refractivity contribution in [1.82, 2.24) is 0 Å². The van der Waals surface area contributed by atoms with Crippen LogP contribution in [0.2, 0.25) is 0 Å². The Morgan fingerprint density at radius 3 is 2.45 bits per heavy atom. The first-order chi connectivity index (χ1) is 9.56. The molecule has 0 radical (unpaired) electrons. The monoisotopic (exact) mass is 333 g/mol. The lowest BCUT2D eigenvalue weighted by molar-refractivity contribution is -0.122. The molecule has 1 atom stereocenters. The van der Waals surface area contributed by atoms with Gasteiger partial charge in [0.15, 0.2) is 6.10 Å². The summed E-state index contributed by atoms with van der Waals surface area (Å²) in [5.74, 6) is 0.503. The fraction of sp³-hybridized carbons (Fsp3) is 0.188. The molecule has 0 spiro atoms. The van der Waals surface area contributed by atoms with Crippen LogP contribution in [0.1, 0.15) is 12.5 Å². The van der Waals surface area contributed by atoms with E-state index in [9.17, 15) is 4.79 Å². The molecule has 0 bridgehead atoms. The van der Waals surface area contributed by atoms with Gasteiger partial charge >= 0.3 is 0 Å². The molecule has 0 saturated heterocycles. The summed E-state index contributed by atoms with van der Waals surface area (Å²) in [5.41, 5.74) is 1.83. The van der Waals surface area contributed by atoms with Crippen molar-refractivity contribution in [2.75, 3.05) is 5.32 Å². The molecule has 0 saturated carbocycles. The van der Waals surface area contributed by atoms with Crippen LogP contribution in [0.5, 0.6) is 5.75 Å². The van der Waals surface area contributed by atoms with Crippen molar-refractivity contribution in [3.8, 4) is 5.75 Å². The van der Waals surface area contributed by atoms with E-state index in [-0.39, 0.29) is 5.91 Å². The maximum absolute atomic E-state index is 12.1. The van der Waals surface area contributed by atoms with E-state index < -0.39 is 6.10 Å². The number of halogens is 1. The van der Waals surface area contributed by atoms with Gasteiger partial charge in [-0.1, -0.05) is 34.1 Å². The highest BCUT2D eigenvalue weighted by molar-refractivity contribution is 9.10. The van der Waals surface area contributed by atoms with Crippen molar-refractivity contribution in [2.24, 2.45) is 0 Å². The van der Waals surface area contributed by atoms with Crippen molar-refractivity contribution in [2.45, 2.75) is 20.0 Å². The Kier molecular flexibility index (Phi) is 4.79. The summed E-state index contributed by atoms with van der Waals surface area (Å²) in [6, 6.07) is 15.1. The van der Waals surface area contributed by atoms with Crippen LogP contribution in [0.15, 0.2) is 53.0 Å². The number of carbonyl (C=O) groups is 1. The minimum Gasteiger partial charge on any atom is -0.481 e. The maximum atomic E-state index is 12.1. The molecule has 4 heteroatoms. The van der Waals surface area contributed by atoms with Crippen LogP contribution in [0.3, 0.4) is 0 Å². The third kappa shape index (κ3) is 3.84. The molecule has 2 aromatic carbocycles. The molecular weight excluding hydrogens is 318 g/mol. The van der Waals surface area contributed by atoms with Crippen molar-refractivity contribution in [3.05, 3.63) is 58.6 Å². The van der Waals surface area contributed by atoms with E-state index in [4.69, 9.17) is 4.74 Å². The van der Waals surface area contributed by atoms with E-state index in [0.29, 0.717) is 5.75 Å². The number of carbonyl (C=O) groups excluding carboxylic acids is 1. The van der Waals surface area contributed by atoms with Crippen molar-refractivity contribution < 1.29 is 9.53 Å². The number of rotatable bonds is 4. The molecule has 2 rings (SSSR count). The molecule has 0 aliphatic carbocycles. The molecule has 1 N–H and O–H groups in total. The van der Waals surface area contributed by atoms with Gasteiger partial charge in [0.25, 0.3) is 5.91 Å². The first kappa shape index (κ1) is 14.6. The largest absolute Gasteiger partial charge is 0.481 e. The van der Waals surface area contributed by atoms with Gasteiger partial charge in [0, 0.05) is 10.2 Å². The number of amides is 1. The van der Waals surface area contributed by atoms with E-state index >= 15 is 0 Å². The van der Waals surface area contributed by atoms with Crippen LogP contribution >= 0.6 is 15.9 Å². The van der Waals surface area contributed by atoms with Crippen LogP contribution in [-0.4, -0.2) is 12.0 Å². The number of aryl methyl sites for hydroxylation is 1. The highest BCUT2D eigenvalue weighted by Gasteiger charge is 2.15. The van der Waals surface area contributed by atoms with Crippen LogP contribution < -0.4 is 10.1 Å². The number of para-hydroxylation sites is 1. The molecule has 1 amide bonds. The van der Waals surface area contributed by atoms with Gasteiger partial charge in [0.2, 0.25) is 0 Å². The molecular formula is C16H16BrNO2. The summed E-state index contributed by atoms with van der Waals surface area (Å²) in [6.07, 6.45) is -0.559. The van der Waals surface area contributed by atoms with Gasteiger partial charge in [0.1, 0.15) is 5.75 Å². The van der Waals surface area contributed by atoms with Crippen molar-refractivity contribution in [3.63, 3.8) is 0 Å². The smallest absolute Gasteiger partial charge is 0.265 e. The number of anilines is 1. The third-order valence-electron chi connectivity index (χ3n) is 2.90. The Balaban J connectivity index is 1.99. The molecule has 104 valence electrons. The van der Waals surface area contributed by atoms with Gasteiger partial charge in [-0.2, -0.15) is 0 Å². The Labute approximate surface area is 127 Å². The third-order valence-corrected chi connectivity index (χ3v) is 3.43. The second kappa shape index (κ2) is 6.57. The molecule has 0 heterocycles. The average molecular weight is 334 g/mol. The molecule has 0 aliphatic heterocycles. The fourth-order valence-electron chi connectivity index (χ4n) is 1.72. The zero-order valence-corrected chi connectivity index (χ0v) is 13.0. The predicted octanol–water partition coefficient (Wildman–Crippen LogP) is 4.16. The minimum atomic E-state index is -0.559. The van der Waals surface area contributed by atoms with Gasteiger partial charge in [0.05, 0.1) is 0 Å². The highest BCUT2D eigenvalue weighted by Crippen LogP contribution is 2.18. The van der Waals surface area contributed by atoms with Crippen LogP contribution in [0.4, 0.5) is 5.69 Å². The van der Waals surface area contributed by atoms with Gasteiger partial charge in [-0.25, -0.2) is 0 Å². The SMILES string of the molecule is Cc1ccccc1NC(=O)C(C)Oc1ccc(Br)cc1. The van der Waals surface area contributed by atoms with E-state index in [1.54, 1.807) is 6.92 Å². The maximum Gasteiger partial charge on any atom is 0.265 e. The number of ether oxygens (including phenoxy) is 1. The van der Waals surface area contributed by atoms with Gasteiger partial charge < -0.3 is 10.1 Å². The van der Waals surface area contributed by atoms with Crippen molar-refractivity contribution in [1.29, 1.82) is 0 Å². The van der Waals surface area contributed by atoms with Crippen LogP contribution in [-0.2, 0) is 4.79 Å². The van der Waals surface area contributed by atoms with E-state index in [1.165, 1.54) is 0 Å². The first-order valence-electron chi connectivity index (χ1n) is 6.35. The van der Waals surface area contributed by atoms with E-state index in [2.05, 4.69) is 21.2 Å². The predicted molar refractivity (Wildman–Crippen MR) is 84.0 cm³/mol. The molecule has 1 unspecified atom stereocenters. The van der Waals surface area contributed by atoms with E-state index in [0.717, 1.165) is 15.7 Å². The Morgan fingerprint density at radius 1 is 1.15 bits per heavy atom. The molecule has 20 heavy (non-hydrogen) atoms. The number of hydrogen-bond donors (Lipinski definition) is 1. The number of hydrogen-bond acceptors (Lipinski definition) is 2. The van der Waals surface area contributed by atoms with Gasteiger partial charge in [-0.05, 0) is 49.7 Å². The zero-order valence-electron chi connectivity index (χ0n) is 11.4. The van der Waals surface area contributed by atoms with Crippen LogP contribution in [0.25, 0.3) is 0 Å². The quantitative estimate of drug-likeness (QED) is 0.912. The number of nitrogens with one attached hydrogen (secondary N) is 1. The lowest BCUT2D eigenvalue weighted by atomic mass is 10.2. The zero-order chi connectivity index (χ0) is 14.5. The van der Waals surface area contributed by atoms with E-state index in [1.807, 2.05) is 55.5 Å². The summed E-state index contributed by atoms with van der Waals surface area (Å²) >= 11 is 3.36. The highest BCUT2D eigenvalue weighted by atomic mass is 79.9. The summed E-state index contributed by atoms with van der Waals surface area (Å²) in [7, 11) is 0. The molecule has 0 aliphatic rings. The standard InChI is InChI=1S/C16H16BrNO2/c1-11-5-3-4-6-15(11)18-16(19)12(2)20-14-9-7-13(17)8-10-14/h3-10,12H,1-2H3,(H,18,19). The summed E-state index contributed by atoms with van der Waals surface area (Å²) in [6.45, 7) is 3.69. The number of benzene rings is 2. The second-order valence-corrected chi connectivity index (χ2v) is 5.43. The normalized spacial score (nSPS) is 11.8. The molecule has 2 aromatic rings. The van der Waals surface area contributed by atoms with Crippen molar-refractivity contribution >= 4 is 27.5 Å². The summed E-state index contributed by atoms with van der Waals surface area (Å²) in [5, 5.41) is 2.87. The van der Waals surface area contributed by atoms with Gasteiger partial charge in [-0.3, -0.25) is 4.79 Å². The Hall–Kier alpha value is -1.81.